The number of piperidine rings is 1. The van der Waals surface area contributed by atoms with E-state index < -0.39 is 0 Å². The lowest BCUT2D eigenvalue weighted by Crippen LogP contribution is -2.38. The van der Waals surface area contributed by atoms with Gasteiger partial charge in [0.05, 0.1) is 11.7 Å². The van der Waals surface area contributed by atoms with Crippen molar-refractivity contribution in [3.8, 4) is 0 Å². The summed E-state index contributed by atoms with van der Waals surface area (Å²) in [5.41, 5.74) is 2.45. The molecule has 1 N–H and O–H groups in total. The minimum absolute atomic E-state index is 0.788. The van der Waals surface area contributed by atoms with Gasteiger partial charge >= 0.3 is 0 Å². The normalized spacial score (nSPS) is 25.4. The zero-order chi connectivity index (χ0) is 11.8. The second kappa shape index (κ2) is 4.06. The molecule has 0 bridgehead atoms. The first kappa shape index (κ1) is 10.6. The maximum atomic E-state index is 4.07. The van der Waals surface area contributed by atoms with Gasteiger partial charge in [-0.2, -0.15) is 5.10 Å². The van der Waals surface area contributed by atoms with Crippen molar-refractivity contribution in [1.82, 2.24) is 10.2 Å². The molecular weight excluding hydrogens is 210 g/mol. The van der Waals surface area contributed by atoms with Gasteiger partial charge < -0.3 is 4.90 Å². The van der Waals surface area contributed by atoms with Crippen molar-refractivity contribution in [2.24, 2.45) is 11.8 Å². The molecular formula is C14H19N3. The molecule has 2 unspecified atom stereocenters. The summed E-state index contributed by atoms with van der Waals surface area (Å²) in [5.74, 6) is 1.58. The lowest BCUT2D eigenvalue weighted by molar-refractivity contribution is 0.357. The standard InChI is InChI=1S/C14H19N3/c1-10-5-11(2)9-17(8-10)13-4-3-12-7-15-16-14(12)6-13/h3-4,6-7,10-11H,5,8-9H2,1-2H3,(H,15,16). The number of hydrogen-bond acceptors (Lipinski definition) is 2. The third kappa shape index (κ3) is 2.02. The van der Waals surface area contributed by atoms with Crippen molar-refractivity contribution in [3.05, 3.63) is 24.4 Å². The van der Waals surface area contributed by atoms with Gasteiger partial charge in [-0.05, 0) is 36.5 Å². The summed E-state index contributed by atoms with van der Waals surface area (Å²) in [5, 5.41) is 8.31. The Kier molecular flexibility index (Phi) is 2.54. The van der Waals surface area contributed by atoms with E-state index in [1.54, 1.807) is 0 Å². The molecule has 1 saturated heterocycles. The number of nitrogens with zero attached hydrogens (tertiary/aromatic N) is 2. The van der Waals surface area contributed by atoms with Crippen LogP contribution in [0.2, 0.25) is 0 Å². The predicted octanol–water partition coefficient (Wildman–Crippen LogP) is 3.05. The average Bonchev–Trinajstić information content (AvgIpc) is 2.74. The molecule has 1 aromatic heterocycles. The van der Waals surface area contributed by atoms with Crippen molar-refractivity contribution >= 4 is 16.6 Å². The highest BCUT2D eigenvalue weighted by Gasteiger charge is 2.22. The maximum absolute atomic E-state index is 4.07. The number of fused-ring (bicyclic) bond motifs is 1. The van der Waals surface area contributed by atoms with E-state index in [4.69, 9.17) is 0 Å². The van der Waals surface area contributed by atoms with E-state index >= 15 is 0 Å². The molecule has 1 aromatic carbocycles. The first-order valence-corrected chi connectivity index (χ1v) is 6.40. The van der Waals surface area contributed by atoms with E-state index in [0.29, 0.717) is 0 Å². The van der Waals surface area contributed by atoms with E-state index in [0.717, 1.165) is 17.4 Å². The summed E-state index contributed by atoms with van der Waals surface area (Å²) < 4.78 is 0. The van der Waals surface area contributed by atoms with Gasteiger partial charge in [0.1, 0.15) is 0 Å². The van der Waals surface area contributed by atoms with E-state index in [2.05, 4.69) is 47.1 Å². The molecule has 1 aliphatic heterocycles. The first-order chi connectivity index (χ1) is 8.22. The Labute approximate surface area is 102 Å². The maximum Gasteiger partial charge on any atom is 0.0670 e. The molecule has 1 fully saturated rings. The number of rotatable bonds is 1. The Hall–Kier alpha value is -1.51. The molecule has 90 valence electrons. The number of benzene rings is 1. The quantitative estimate of drug-likeness (QED) is 0.815. The fourth-order valence-corrected chi connectivity index (χ4v) is 3.00. The van der Waals surface area contributed by atoms with Crippen LogP contribution in [0.5, 0.6) is 0 Å². The van der Waals surface area contributed by atoms with Crippen LogP contribution in [0.25, 0.3) is 10.9 Å². The van der Waals surface area contributed by atoms with E-state index in [-0.39, 0.29) is 0 Å². The molecule has 0 saturated carbocycles. The summed E-state index contributed by atoms with van der Waals surface area (Å²) in [7, 11) is 0. The summed E-state index contributed by atoms with van der Waals surface area (Å²) in [6.45, 7) is 7.03. The van der Waals surface area contributed by atoms with Crippen LogP contribution in [0.15, 0.2) is 24.4 Å². The average molecular weight is 229 g/mol. The number of nitrogens with one attached hydrogen (secondary N) is 1. The molecule has 17 heavy (non-hydrogen) atoms. The van der Waals surface area contributed by atoms with Crippen molar-refractivity contribution in [2.75, 3.05) is 18.0 Å². The second-order valence-corrected chi connectivity index (χ2v) is 5.49. The lowest BCUT2D eigenvalue weighted by atomic mass is 9.91. The molecule has 0 aliphatic carbocycles. The van der Waals surface area contributed by atoms with Crippen molar-refractivity contribution < 1.29 is 0 Å². The van der Waals surface area contributed by atoms with Gasteiger partial charge in [-0.25, -0.2) is 0 Å². The Morgan fingerprint density at radius 3 is 2.76 bits per heavy atom. The Bertz CT molecular complexity index is 507. The zero-order valence-electron chi connectivity index (χ0n) is 10.5. The monoisotopic (exact) mass is 229 g/mol. The van der Waals surface area contributed by atoms with Crippen molar-refractivity contribution in [3.63, 3.8) is 0 Å². The van der Waals surface area contributed by atoms with Crippen LogP contribution < -0.4 is 4.90 Å². The van der Waals surface area contributed by atoms with Crippen molar-refractivity contribution in [2.45, 2.75) is 20.3 Å². The number of aromatic nitrogens is 2. The molecule has 0 spiro atoms. The molecule has 2 atom stereocenters. The van der Waals surface area contributed by atoms with E-state index in [1.807, 2.05) is 6.20 Å². The Morgan fingerprint density at radius 1 is 1.24 bits per heavy atom. The van der Waals surface area contributed by atoms with Gasteiger partial charge in [-0.3, -0.25) is 5.10 Å². The molecule has 1 aliphatic rings. The van der Waals surface area contributed by atoms with Crippen LogP contribution >= 0.6 is 0 Å². The minimum Gasteiger partial charge on any atom is -0.371 e. The van der Waals surface area contributed by atoms with Crippen LogP contribution in [0.4, 0.5) is 5.69 Å². The fourth-order valence-electron chi connectivity index (χ4n) is 3.00. The van der Waals surface area contributed by atoms with E-state index in [9.17, 15) is 0 Å². The molecule has 2 aromatic rings. The number of H-pyrrole nitrogens is 1. The minimum atomic E-state index is 0.788. The number of anilines is 1. The van der Waals surface area contributed by atoms with Gasteiger partial charge in [-0.1, -0.05) is 13.8 Å². The van der Waals surface area contributed by atoms with Gasteiger partial charge in [-0.15, -0.1) is 0 Å². The van der Waals surface area contributed by atoms with Crippen LogP contribution in [0.3, 0.4) is 0 Å². The molecule has 3 heteroatoms. The highest BCUT2D eigenvalue weighted by atomic mass is 15.1. The Morgan fingerprint density at radius 2 is 2.00 bits per heavy atom. The summed E-state index contributed by atoms with van der Waals surface area (Å²) in [4.78, 5) is 2.50. The third-order valence-electron chi connectivity index (χ3n) is 3.66. The highest BCUT2D eigenvalue weighted by Crippen LogP contribution is 2.27. The van der Waals surface area contributed by atoms with Crippen LogP contribution in [0, 0.1) is 11.8 Å². The predicted molar refractivity (Wildman–Crippen MR) is 71.3 cm³/mol. The SMILES string of the molecule is CC1CC(C)CN(c2ccc3cn[nH]c3c2)C1. The van der Waals surface area contributed by atoms with Gasteiger partial charge in [0, 0.05) is 24.2 Å². The van der Waals surface area contributed by atoms with Gasteiger partial charge in [0.2, 0.25) is 0 Å². The lowest BCUT2D eigenvalue weighted by Gasteiger charge is -2.36. The molecule has 2 heterocycles. The Balaban J connectivity index is 1.91. The molecule has 3 nitrogen and oxygen atoms in total. The topological polar surface area (TPSA) is 31.9 Å². The summed E-state index contributed by atoms with van der Waals surface area (Å²) in [6, 6.07) is 6.58. The molecule has 3 rings (SSSR count). The van der Waals surface area contributed by atoms with Crippen LogP contribution in [0.1, 0.15) is 20.3 Å². The summed E-state index contributed by atoms with van der Waals surface area (Å²) in [6.07, 6.45) is 3.23. The zero-order valence-corrected chi connectivity index (χ0v) is 10.5. The van der Waals surface area contributed by atoms with Gasteiger partial charge in [0.15, 0.2) is 0 Å². The van der Waals surface area contributed by atoms with Crippen molar-refractivity contribution in [1.29, 1.82) is 0 Å². The number of hydrogen-bond donors (Lipinski definition) is 1. The summed E-state index contributed by atoms with van der Waals surface area (Å²) >= 11 is 0. The smallest absolute Gasteiger partial charge is 0.0670 e. The third-order valence-corrected chi connectivity index (χ3v) is 3.66. The van der Waals surface area contributed by atoms with Crippen LogP contribution in [-0.2, 0) is 0 Å². The molecule has 0 amide bonds. The van der Waals surface area contributed by atoms with Crippen LogP contribution in [-0.4, -0.2) is 23.3 Å². The molecule has 0 radical (unpaired) electrons. The fraction of sp³-hybridized carbons (Fsp3) is 0.500. The second-order valence-electron chi connectivity index (χ2n) is 5.49. The largest absolute Gasteiger partial charge is 0.371 e. The number of aromatic amines is 1. The highest BCUT2D eigenvalue weighted by molar-refractivity contribution is 5.81. The first-order valence-electron chi connectivity index (χ1n) is 6.40. The van der Waals surface area contributed by atoms with Gasteiger partial charge in [0.25, 0.3) is 0 Å². The van der Waals surface area contributed by atoms with E-state index in [1.165, 1.54) is 30.6 Å².